The molecule has 15 heavy (non-hydrogen) atoms. The Kier molecular flexibility index (Phi) is 3.80. The van der Waals surface area contributed by atoms with Gasteiger partial charge in [-0.2, -0.15) is 0 Å². The number of halogens is 1. The summed E-state index contributed by atoms with van der Waals surface area (Å²) in [5.41, 5.74) is 6.92. The third-order valence-corrected chi connectivity index (χ3v) is 2.11. The van der Waals surface area contributed by atoms with Gasteiger partial charge in [0.2, 0.25) is 0 Å². The molecular weight excluding hydrogens is 197 g/mol. The zero-order valence-corrected chi connectivity index (χ0v) is 8.79. The molecule has 0 saturated heterocycles. The number of ether oxygens (including phenoxy) is 1. The van der Waals surface area contributed by atoms with Gasteiger partial charge in [-0.3, -0.25) is 0 Å². The molecule has 0 amide bonds. The smallest absolute Gasteiger partial charge is 0.327 e. The molecule has 0 spiro atoms. The van der Waals surface area contributed by atoms with E-state index >= 15 is 0 Å². The van der Waals surface area contributed by atoms with Crippen molar-refractivity contribution in [1.82, 2.24) is 0 Å². The van der Waals surface area contributed by atoms with E-state index in [1.165, 1.54) is 18.2 Å². The van der Waals surface area contributed by atoms with Crippen LogP contribution in [0.2, 0.25) is 0 Å². The Morgan fingerprint density at radius 2 is 2.27 bits per heavy atom. The summed E-state index contributed by atoms with van der Waals surface area (Å²) in [5.74, 6) is -0.834. The Morgan fingerprint density at radius 1 is 1.60 bits per heavy atom. The van der Waals surface area contributed by atoms with Crippen molar-refractivity contribution < 1.29 is 13.9 Å². The standard InChI is InChI=1S/C11H14FNO2/c1-3-15-11(14)10(13)9-5-4-8(12)6-7(9)2/h4-6,10H,3,13H2,1-2H3. The average molecular weight is 211 g/mol. The largest absolute Gasteiger partial charge is 0.465 e. The molecule has 0 aliphatic heterocycles. The van der Waals surface area contributed by atoms with E-state index in [4.69, 9.17) is 10.5 Å². The van der Waals surface area contributed by atoms with Crippen molar-refractivity contribution in [2.24, 2.45) is 5.73 Å². The summed E-state index contributed by atoms with van der Waals surface area (Å²) >= 11 is 0. The van der Waals surface area contributed by atoms with Gasteiger partial charge < -0.3 is 10.5 Å². The maximum absolute atomic E-state index is 12.8. The number of rotatable bonds is 3. The Bertz CT molecular complexity index is 366. The highest BCUT2D eigenvalue weighted by molar-refractivity contribution is 5.77. The second kappa shape index (κ2) is 4.89. The highest BCUT2D eigenvalue weighted by Crippen LogP contribution is 2.17. The summed E-state index contributed by atoms with van der Waals surface area (Å²) in [6.45, 7) is 3.70. The summed E-state index contributed by atoms with van der Waals surface area (Å²) in [4.78, 5) is 11.3. The van der Waals surface area contributed by atoms with Crippen molar-refractivity contribution in [3.8, 4) is 0 Å². The van der Waals surface area contributed by atoms with Crippen LogP contribution in [0.4, 0.5) is 4.39 Å². The Morgan fingerprint density at radius 3 is 2.80 bits per heavy atom. The molecule has 0 aromatic heterocycles. The molecule has 3 nitrogen and oxygen atoms in total. The summed E-state index contributed by atoms with van der Waals surface area (Å²) in [7, 11) is 0. The van der Waals surface area contributed by atoms with E-state index in [1.807, 2.05) is 0 Å². The maximum Gasteiger partial charge on any atom is 0.327 e. The third-order valence-electron chi connectivity index (χ3n) is 2.11. The minimum atomic E-state index is -0.842. The molecule has 4 heteroatoms. The lowest BCUT2D eigenvalue weighted by Crippen LogP contribution is -2.24. The van der Waals surface area contributed by atoms with Crippen LogP contribution in [-0.4, -0.2) is 12.6 Å². The van der Waals surface area contributed by atoms with Gasteiger partial charge in [0.05, 0.1) is 6.61 Å². The van der Waals surface area contributed by atoms with E-state index in [0.29, 0.717) is 11.1 Å². The van der Waals surface area contributed by atoms with Crippen LogP contribution in [0.25, 0.3) is 0 Å². The van der Waals surface area contributed by atoms with Crippen LogP contribution >= 0.6 is 0 Å². The molecule has 1 rings (SSSR count). The normalized spacial score (nSPS) is 12.3. The molecule has 0 radical (unpaired) electrons. The number of aryl methyl sites for hydroxylation is 1. The molecule has 82 valence electrons. The van der Waals surface area contributed by atoms with E-state index in [9.17, 15) is 9.18 Å². The molecule has 2 N–H and O–H groups in total. The fourth-order valence-electron chi connectivity index (χ4n) is 1.35. The predicted molar refractivity (Wildman–Crippen MR) is 54.7 cm³/mol. The minimum absolute atomic E-state index is 0.284. The monoisotopic (exact) mass is 211 g/mol. The Labute approximate surface area is 88.0 Å². The molecule has 0 aliphatic rings. The van der Waals surface area contributed by atoms with E-state index < -0.39 is 12.0 Å². The van der Waals surface area contributed by atoms with Gasteiger partial charge in [-0.1, -0.05) is 6.07 Å². The molecule has 1 unspecified atom stereocenters. The minimum Gasteiger partial charge on any atom is -0.465 e. The van der Waals surface area contributed by atoms with Crippen LogP contribution in [0.5, 0.6) is 0 Å². The van der Waals surface area contributed by atoms with E-state index in [1.54, 1.807) is 13.8 Å². The van der Waals surface area contributed by atoms with Crippen molar-refractivity contribution in [2.45, 2.75) is 19.9 Å². The highest BCUT2D eigenvalue weighted by Gasteiger charge is 2.18. The van der Waals surface area contributed by atoms with Crippen LogP contribution in [0.3, 0.4) is 0 Å². The second-order valence-electron chi connectivity index (χ2n) is 3.23. The number of nitrogens with two attached hydrogens (primary N) is 1. The first-order valence-electron chi connectivity index (χ1n) is 4.74. The molecule has 1 aromatic rings. The first-order valence-corrected chi connectivity index (χ1v) is 4.74. The van der Waals surface area contributed by atoms with Crippen molar-refractivity contribution in [3.05, 3.63) is 35.1 Å². The van der Waals surface area contributed by atoms with Crippen molar-refractivity contribution >= 4 is 5.97 Å². The van der Waals surface area contributed by atoms with Gasteiger partial charge in [0.25, 0.3) is 0 Å². The summed E-state index contributed by atoms with van der Waals surface area (Å²) in [5, 5.41) is 0. The zero-order valence-electron chi connectivity index (χ0n) is 8.79. The van der Waals surface area contributed by atoms with Gasteiger partial charge in [0, 0.05) is 0 Å². The number of carbonyl (C=O) groups excluding carboxylic acids is 1. The lowest BCUT2D eigenvalue weighted by atomic mass is 10.0. The van der Waals surface area contributed by atoms with Crippen LogP contribution < -0.4 is 5.73 Å². The third kappa shape index (κ3) is 2.76. The van der Waals surface area contributed by atoms with Gasteiger partial charge in [-0.05, 0) is 37.1 Å². The van der Waals surface area contributed by atoms with Gasteiger partial charge in [0.1, 0.15) is 11.9 Å². The first-order chi connectivity index (χ1) is 7.06. The number of hydrogen-bond acceptors (Lipinski definition) is 3. The first kappa shape index (κ1) is 11.7. The van der Waals surface area contributed by atoms with Gasteiger partial charge in [0.15, 0.2) is 0 Å². The van der Waals surface area contributed by atoms with E-state index in [2.05, 4.69) is 0 Å². The molecule has 0 saturated carbocycles. The molecule has 0 heterocycles. The predicted octanol–water partition coefficient (Wildman–Crippen LogP) is 1.70. The van der Waals surface area contributed by atoms with Crippen LogP contribution in [0.1, 0.15) is 24.1 Å². The average Bonchev–Trinajstić information content (AvgIpc) is 2.17. The van der Waals surface area contributed by atoms with Gasteiger partial charge >= 0.3 is 5.97 Å². The topological polar surface area (TPSA) is 52.3 Å². The molecule has 1 aromatic carbocycles. The van der Waals surface area contributed by atoms with Gasteiger partial charge in [-0.25, -0.2) is 9.18 Å². The number of esters is 1. The summed E-state index contributed by atoms with van der Waals surface area (Å²) in [6.07, 6.45) is 0. The summed E-state index contributed by atoms with van der Waals surface area (Å²) in [6, 6.07) is 3.28. The van der Waals surface area contributed by atoms with Crippen molar-refractivity contribution in [3.63, 3.8) is 0 Å². The Hall–Kier alpha value is -1.42. The molecule has 1 atom stereocenters. The second-order valence-corrected chi connectivity index (χ2v) is 3.23. The summed E-state index contributed by atoms with van der Waals surface area (Å²) < 4.78 is 17.6. The van der Waals surface area contributed by atoms with Crippen LogP contribution in [0.15, 0.2) is 18.2 Å². The SMILES string of the molecule is CCOC(=O)C(N)c1ccc(F)cc1C. The van der Waals surface area contributed by atoms with E-state index in [-0.39, 0.29) is 12.4 Å². The molecule has 0 fully saturated rings. The quantitative estimate of drug-likeness (QED) is 0.774. The fourth-order valence-corrected chi connectivity index (χ4v) is 1.35. The number of carbonyl (C=O) groups is 1. The highest BCUT2D eigenvalue weighted by atomic mass is 19.1. The lowest BCUT2D eigenvalue weighted by molar-refractivity contribution is -0.144. The maximum atomic E-state index is 12.8. The number of hydrogen-bond donors (Lipinski definition) is 1. The van der Waals surface area contributed by atoms with Crippen LogP contribution in [0, 0.1) is 12.7 Å². The molecular formula is C11H14FNO2. The number of benzene rings is 1. The van der Waals surface area contributed by atoms with Gasteiger partial charge in [-0.15, -0.1) is 0 Å². The zero-order chi connectivity index (χ0) is 11.4. The molecule has 0 aliphatic carbocycles. The fraction of sp³-hybridized carbons (Fsp3) is 0.364. The van der Waals surface area contributed by atoms with Crippen molar-refractivity contribution in [1.29, 1.82) is 0 Å². The molecule has 0 bridgehead atoms. The lowest BCUT2D eigenvalue weighted by Gasteiger charge is -2.13. The van der Waals surface area contributed by atoms with Crippen molar-refractivity contribution in [2.75, 3.05) is 6.61 Å². The Balaban J connectivity index is 2.91. The van der Waals surface area contributed by atoms with E-state index in [0.717, 1.165) is 0 Å². The van der Waals surface area contributed by atoms with Crippen LogP contribution in [-0.2, 0) is 9.53 Å².